The maximum atomic E-state index is 12.1. The van der Waals surface area contributed by atoms with Gasteiger partial charge in [0.2, 0.25) is 5.91 Å². The lowest BCUT2D eigenvalue weighted by molar-refractivity contribution is -0.137. The van der Waals surface area contributed by atoms with E-state index in [-0.39, 0.29) is 30.7 Å². The number of hydrogen-bond donors (Lipinski definition) is 1. The lowest BCUT2D eigenvalue weighted by atomic mass is 10.0. The molecule has 0 spiro atoms. The maximum Gasteiger partial charge on any atom is 0.242 e. The van der Waals surface area contributed by atoms with E-state index in [0.717, 1.165) is 37.1 Å². The molecule has 21 heavy (non-hydrogen) atoms. The summed E-state index contributed by atoms with van der Waals surface area (Å²) in [5.41, 5.74) is 5.08. The molecular weight excluding hydrogens is 353 g/mol. The number of hydrogen-bond acceptors (Lipinski definition) is 4. The second-order valence-electron chi connectivity index (χ2n) is 5.50. The van der Waals surface area contributed by atoms with Crippen LogP contribution in [0.25, 0.3) is 0 Å². The van der Waals surface area contributed by atoms with Crippen molar-refractivity contribution in [2.45, 2.75) is 25.9 Å². The van der Waals surface area contributed by atoms with Crippen molar-refractivity contribution in [3.8, 4) is 0 Å². The van der Waals surface area contributed by atoms with Crippen LogP contribution in [-0.2, 0) is 11.3 Å². The molecule has 1 aromatic rings. The highest BCUT2D eigenvalue weighted by Gasteiger charge is 2.30. The highest BCUT2D eigenvalue weighted by Crippen LogP contribution is 2.23. The molecule has 0 saturated carbocycles. The Labute approximate surface area is 147 Å². The molecule has 1 aliphatic heterocycles. The summed E-state index contributed by atoms with van der Waals surface area (Å²) in [7, 11) is 0. The molecule has 1 saturated heterocycles. The van der Waals surface area contributed by atoms with E-state index in [4.69, 9.17) is 17.3 Å². The van der Waals surface area contributed by atoms with Crippen LogP contribution >= 0.6 is 47.8 Å². The van der Waals surface area contributed by atoms with Crippen LogP contribution in [0.5, 0.6) is 0 Å². The maximum absolute atomic E-state index is 12.1. The van der Waals surface area contributed by atoms with E-state index >= 15 is 0 Å². The first-order chi connectivity index (χ1) is 8.86. The average molecular weight is 375 g/mol. The van der Waals surface area contributed by atoms with E-state index in [1.54, 1.807) is 25.2 Å². The average Bonchev–Trinajstić information content (AvgIpc) is 2.74. The molecule has 122 valence electrons. The first-order valence-corrected chi connectivity index (χ1v) is 7.60. The molecule has 1 amide bonds. The van der Waals surface area contributed by atoms with E-state index in [1.807, 2.05) is 11.0 Å². The Morgan fingerprint density at radius 3 is 2.29 bits per heavy atom. The number of nitrogens with two attached hydrogens (primary N) is 1. The summed E-state index contributed by atoms with van der Waals surface area (Å²) >= 11 is 7.54. The van der Waals surface area contributed by atoms with Crippen LogP contribution in [0.2, 0.25) is 4.34 Å². The standard InChI is InChI=1S/C13H20ClN3OS.2ClH/c1-13(2,15)12(18)17-7-5-16(6-8-17)9-10-3-4-11(14)19-10;;/h3-4H,5-9,15H2,1-2H3;2*1H. The van der Waals surface area contributed by atoms with Crippen LogP contribution in [-0.4, -0.2) is 47.4 Å². The quantitative estimate of drug-likeness (QED) is 0.885. The SMILES string of the molecule is CC(C)(N)C(=O)N1CCN(Cc2ccc(Cl)s2)CC1.Cl.Cl. The molecule has 2 heterocycles. The van der Waals surface area contributed by atoms with Crippen LogP contribution in [0.4, 0.5) is 0 Å². The zero-order valence-corrected chi connectivity index (χ0v) is 15.4. The Morgan fingerprint density at radius 1 is 1.29 bits per heavy atom. The summed E-state index contributed by atoms with van der Waals surface area (Å²) < 4.78 is 0.827. The van der Waals surface area contributed by atoms with Gasteiger partial charge in [-0.2, -0.15) is 0 Å². The van der Waals surface area contributed by atoms with Crippen molar-refractivity contribution < 1.29 is 4.79 Å². The largest absolute Gasteiger partial charge is 0.339 e. The Hall–Kier alpha value is -0.0400. The Kier molecular flexibility index (Phi) is 8.54. The molecule has 2 rings (SSSR count). The highest BCUT2D eigenvalue weighted by atomic mass is 35.5. The molecule has 0 radical (unpaired) electrons. The molecule has 4 nitrogen and oxygen atoms in total. The van der Waals surface area contributed by atoms with Crippen LogP contribution in [0.1, 0.15) is 18.7 Å². The number of thiophene rings is 1. The molecule has 8 heteroatoms. The van der Waals surface area contributed by atoms with Gasteiger partial charge in [-0.3, -0.25) is 9.69 Å². The topological polar surface area (TPSA) is 49.6 Å². The Morgan fingerprint density at radius 2 is 1.86 bits per heavy atom. The molecule has 0 bridgehead atoms. The molecule has 0 atom stereocenters. The number of carbonyl (C=O) groups excluding carboxylic acids is 1. The van der Waals surface area contributed by atoms with Crippen LogP contribution in [0, 0.1) is 0 Å². The molecular formula is C13H22Cl3N3OS. The molecule has 0 aromatic carbocycles. The van der Waals surface area contributed by atoms with E-state index in [1.165, 1.54) is 4.88 Å². The lowest BCUT2D eigenvalue weighted by Gasteiger charge is -2.37. The van der Waals surface area contributed by atoms with Gasteiger partial charge < -0.3 is 10.6 Å². The van der Waals surface area contributed by atoms with Crippen LogP contribution in [0.3, 0.4) is 0 Å². The highest BCUT2D eigenvalue weighted by molar-refractivity contribution is 7.16. The van der Waals surface area contributed by atoms with Gasteiger partial charge in [0.1, 0.15) is 0 Å². The Bertz CT molecular complexity index is 454. The van der Waals surface area contributed by atoms with Crippen molar-refractivity contribution in [3.05, 3.63) is 21.3 Å². The van der Waals surface area contributed by atoms with Crippen molar-refractivity contribution in [1.29, 1.82) is 0 Å². The minimum Gasteiger partial charge on any atom is -0.339 e. The number of rotatable bonds is 3. The second kappa shape index (κ2) is 8.56. The first-order valence-electron chi connectivity index (χ1n) is 6.41. The van der Waals surface area contributed by atoms with Crippen molar-refractivity contribution in [3.63, 3.8) is 0 Å². The van der Waals surface area contributed by atoms with Gasteiger partial charge in [0.05, 0.1) is 9.88 Å². The van der Waals surface area contributed by atoms with Gasteiger partial charge in [0, 0.05) is 37.6 Å². The predicted octanol–water partition coefficient (Wildman–Crippen LogP) is 2.63. The summed E-state index contributed by atoms with van der Waals surface area (Å²) in [6.07, 6.45) is 0. The molecule has 1 aromatic heterocycles. The predicted molar refractivity (Wildman–Crippen MR) is 93.9 cm³/mol. The molecule has 0 unspecified atom stereocenters. The number of halogens is 3. The monoisotopic (exact) mass is 373 g/mol. The van der Waals surface area contributed by atoms with E-state index < -0.39 is 5.54 Å². The van der Waals surface area contributed by atoms with Crippen molar-refractivity contribution >= 4 is 53.7 Å². The minimum absolute atomic E-state index is 0. The summed E-state index contributed by atoms with van der Waals surface area (Å²) in [6, 6.07) is 3.99. The van der Waals surface area contributed by atoms with Gasteiger partial charge in [-0.05, 0) is 26.0 Å². The van der Waals surface area contributed by atoms with Gasteiger partial charge in [-0.15, -0.1) is 36.2 Å². The zero-order valence-electron chi connectivity index (χ0n) is 12.2. The third kappa shape index (κ3) is 5.93. The van der Waals surface area contributed by atoms with Crippen molar-refractivity contribution in [1.82, 2.24) is 9.80 Å². The summed E-state index contributed by atoms with van der Waals surface area (Å²) in [6.45, 7) is 7.70. The third-order valence-corrected chi connectivity index (χ3v) is 4.43. The fourth-order valence-corrected chi connectivity index (χ4v) is 3.30. The normalized spacial score (nSPS) is 16.1. The van der Waals surface area contributed by atoms with E-state index in [9.17, 15) is 4.79 Å². The van der Waals surface area contributed by atoms with Crippen molar-refractivity contribution in [2.24, 2.45) is 5.73 Å². The van der Waals surface area contributed by atoms with Crippen LogP contribution < -0.4 is 5.73 Å². The fraction of sp³-hybridized carbons (Fsp3) is 0.615. The van der Waals surface area contributed by atoms with Crippen LogP contribution in [0.15, 0.2) is 12.1 Å². The van der Waals surface area contributed by atoms with Gasteiger partial charge >= 0.3 is 0 Å². The number of nitrogens with zero attached hydrogens (tertiary/aromatic N) is 2. The van der Waals surface area contributed by atoms with Crippen molar-refractivity contribution in [2.75, 3.05) is 26.2 Å². The fourth-order valence-electron chi connectivity index (χ4n) is 2.17. The zero-order chi connectivity index (χ0) is 14.0. The summed E-state index contributed by atoms with van der Waals surface area (Å²) in [5, 5.41) is 0. The van der Waals surface area contributed by atoms with Gasteiger partial charge in [0.25, 0.3) is 0 Å². The molecule has 1 fully saturated rings. The van der Waals surface area contributed by atoms with E-state index in [0.29, 0.717) is 0 Å². The summed E-state index contributed by atoms with van der Waals surface area (Å²) in [5.74, 6) is 0.0336. The number of piperazine rings is 1. The lowest BCUT2D eigenvalue weighted by Crippen LogP contribution is -2.56. The smallest absolute Gasteiger partial charge is 0.242 e. The number of amides is 1. The second-order valence-corrected chi connectivity index (χ2v) is 7.30. The molecule has 2 N–H and O–H groups in total. The summed E-state index contributed by atoms with van der Waals surface area (Å²) in [4.78, 5) is 17.5. The third-order valence-electron chi connectivity index (χ3n) is 3.22. The van der Waals surface area contributed by atoms with Gasteiger partial charge in [-0.1, -0.05) is 11.6 Å². The Balaban J connectivity index is 0.00000200. The number of carbonyl (C=O) groups is 1. The molecule has 0 aliphatic carbocycles. The minimum atomic E-state index is -0.774. The molecule has 1 aliphatic rings. The van der Waals surface area contributed by atoms with Gasteiger partial charge in [0.15, 0.2) is 0 Å². The van der Waals surface area contributed by atoms with Gasteiger partial charge in [-0.25, -0.2) is 0 Å². The van der Waals surface area contributed by atoms with E-state index in [2.05, 4.69) is 11.0 Å². The first kappa shape index (κ1) is 21.0.